The van der Waals surface area contributed by atoms with Crippen LogP contribution in [0.25, 0.3) is 0 Å². The fourth-order valence-electron chi connectivity index (χ4n) is 4.06. The first-order valence-corrected chi connectivity index (χ1v) is 9.27. The Labute approximate surface area is 160 Å². The van der Waals surface area contributed by atoms with Gasteiger partial charge in [0.15, 0.2) is 5.72 Å². The summed E-state index contributed by atoms with van der Waals surface area (Å²) in [6.45, 7) is 5.95. The van der Waals surface area contributed by atoms with Crippen molar-refractivity contribution in [2.24, 2.45) is 4.99 Å². The van der Waals surface area contributed by atoms with Gasteiger partial charge in [0.1, 0.15) is 0 Å². The van der Waals surface area contributed by atoms with Crippen LogP contribution in [0, 0.1) is 0 Å². The number of aliphatic imine (C=N–C) groups is 1. The predicted octanol–water partition coefficient (Wildman–Crippen LogP) is 4.63. The molecule has 4 rings (SSSR count). The van der Waals surface area contributed by atoms with Crippen molar-refractivity contribution < 1.29 is 4.74 Å². The van der Waals surface area contributed by atoms with Crippen molar-refractivity contribution >= 4 is 34.9 Å². The smallest absolute Gasteiger partial charge is 0.187 e. The van der Waals surface area contributed by atoms with E-state index in [1.165, 1.54) is 11.3 Å². The molecule has 2 aromatic carbocycles. The van der Waals surface area contributed by atoms with Gasteiger partial charge in [-0.1, -0.05) is 25.4 Å². The van der Waals surface area contributed by atoms with Gasteiger partial charge >= 0.3 is 0 Å². The Morgan fingerprint density at radius 2 is 1.88 bits per heavy atom. The maximum atomic E-state index is 6.31. The molecular formula is C21H24ClN3O. The molecule has 0 aliphatic carbocycles. The summed E-state index contributed by atoms with van der Waals surface area (Å²) in [5.74, 6) is 0. The van der Waals surface area contributed by atoms with E-state index in [0.29, 0.717) is 6.61 Å². The second-order valence-corrected chi connectivity index (χ2v) is 8.09. The zero-order valence-corrected chi connectivity index (χ0v) is 16.4. The van der Waals surface area contributed by atoms with E-state index in [-0.39, 0.29) is 5.41 Å². The number of hydrogen-bond acceptors (Lipinski definition) is 4. The summed E-state index contributed by atoms with van der Waals surface area (Å²) < 4.78 is 6.31. The molecular weight excluding hydrogens is 346 g/mol. The zero-order valence-electron chi connectivity index (χ0n) is 15.7. The molecule has 2 aliphatic heterocycles. The van der Waals surface area contributed by atoms with Crippen LogP contribution in [0.15, 0.2) is 47.5 Å². The van der Waals surface area contributed by atoms with Crippen LogP contribution in [0.3, 0.4) is 0 Å². The monoisotopic (exact) mass is 369 g/mol. The number of ether oxygens (including phenoxy) is 1. The molecule has 2 aliphatic rings. The van der Waals surface area contributed by atoms with Crippen LogP contribution >= 0.6 is 11.6 Å². The molecule has 26 heavy (non-hydrogen) atoms. The second-order valence-electron chi connectivity index (χ2n) is 7.65. The molecule has 1 atom stereocenters. The van der Waals surface area contributed by atoms with Crippen molar-refractivity contribution in [3.8, 4) is 0 Å². The Morgan fingerprint density at radius 1 is 1.15 bits per heavy atom. The van der Waals surface area contributed by atoms with Crippen LogP contribution in [0.4, 0.5) is 17.1 Å². The average Bonchev–Trinajstić information content (AvgIpc) is 3.11. The van der Waals surface area contributed by atoms with E-state index in [4.69, 9.17) is 21.3 Å². The molecule has 1 fully saturated rings. The molecule has 0 N–H and O–H groups in total. The number of hydrogen-bond donors (Lipinski definition) is 0. The lowest BCUT2D eigenvalue weighted by atomic mass is 9.78. The quantitative estimate of drug-likeness (QED) is 0.738. The highest BCUT2D eigenvalue weighted by Gasteiger charge is 2.59. The molecule has 2 heterocycles. The summed E-state index contributed by atoms with van der Waals surface area (Å²) in [6, 6.07) is 14.3. The zero-order chi connectivity index (χ0) is 18.5. The number of nitrogens with zero attached hydrogens (tertiary/aromatic N) is 3. The van der Waals surface area contributed by atoms with Crippen LogP contribution in [0.2, 0.25) is 5.02 Å². The van der Waals surface area contributed by atoms with Crippen molar-refractivity contribution in [1.29, 1.82) is 0 Å². The van der Waals surface area contributed by atoms with Crippen LogP contribution in [-0.4, -0.2) is 39.2 Å². The van der Waals surface area contributed by atoms with E-state index in [2.05, 4.69) is 47.9 Å². The van der Waals surface area contributed by atoms with Gasteiger partial charge in [0.2, 0.25) is 0 Å². The highest BCUT2D eigenvalue weighted by molar-refractivity contribution is 6.30. The molecule has 0 radical (unpaired) electrons. The summed E-state index contributed by atoms with van der Waals surface area (Å²) in [5.41, 5.74) is 3.64. The fraction of sp³-hybridized carbons (Fsp3) is 0.381. The fourth-order valence-corrected chi connectivity index (χ4v) is 4.23. The summed E-state index contributed by atoms with van der Waals surface area (Å²) in [7, 11) is 4.07. The minimum Gasteiger partial charge on any atom is -0.378 e. The van der Waals surface area contributed by atoms with Crippen molar-refractivity contribution in [1.82, 2.24) is 0 Å². The van der Waals surface area contributed by atoms with Crippen molar-refractivity contribution in [2.75, 3.05) is 37.0 Å². The van der Waals surface area contributed by atoms with Crippen LogP contribution in [0.1, 0.15) is 19.4 Å². The number of anilines is 2. The first-order chi connectivity index (χ1) is 12.3. The van der Waals surface area contributed by atoms with Gasteiger partial charge in [-0.05, 0) is 48.0 Å². The number of fused-ring (bicyclic) bond motifs is 3. The summed E-state index contributed by atoms with van der Waals surface area (Å²) in [6.07, 6.45) is 1.97. The molecule has 0 aromatic heterocycles. The van der Waals surface area contributed by atoms with Gasteiger partial charge < -0.3 is 14.5 Å². The molecule has 5 heteroatoms. The molecule has 0 saturated carbocycles. The van der Waals surface area contributed by atoms with Gasteiger partial charge in [0, 0.05) is 42.5 Å². The van der Waals surface area contributed by atoms with Gasteiger partial charge in [0.25, 0.3) is 0 Å². The van der Waals surface area contributed by atoms with Crippen molar-refractivity contribution in [3.63, 3.8) is 0 Å². The van der Waals surface area contributed by atoms with Crippen LogP contribution < -0.4 is 9.80 Å². The summed E-state index contributed by atoms with van der Waals surface area (Å²) >= 11 is 6.27. The van der Waals surface area contributed by atoms with E-state index in [1.54, 1.807) is 0 Å². The Balaban J connectivity index is 1.73. The van der Waals surface area contributed by atoms with Crippen molar-refractivity contribution in [3.05, 3.63) is 53.1 Å². The minimum absolute atomic E-state index is 0.253. The van der Waals surface area contributed by atoms with Gasteiger partial charge in [-0.2, -0.15) is 0 Å². The van der Waals surface area contributed by atoms with Crippen molar-refractivity contribution in [2.45, 2.75) is 25.0 Å². The standard InChI is InChI=1S/C21H24ClN3O/c1-20(2)18-13-15(22)5-10-19(18)25-11-12-26-21(20,25)14-23-16-6-8-17(9-7-16)24(3)4/h5-10,13-14H,11-12H2,1-4H3/b23-14+. The van der Waals surface area contributed by atoms with Crippen LogP contribution in [-0.2, 0) is 10.2 Å². The summed E-state index contributed by atoms with van der Waals surface area (Å²) in [4.78, 5) is 9.17. The molecule has 0 amide bonds. The predicted molar refractivity (Wildman–Crippen MR) is 109 cm³/mol. The average molecular weight is 370 g/mol. The second kappa shape index (κ2) is 6.00. The first-order valence-electron chi connectivity index (χ1n) is 8.89. The van der Waals surface area contributed by atoms with Crippen LogP contribution in [0.5, 0.6) is 0 Å². The maximum Gasteiger partial charge on any atom is 0.187 e. The van der Waals surface area contributed by atoms with E-state index in [0.717, 1.165) is 22.9 Å². The Kier molecular flexibility index (Phi) is 4.01. The van der Waals surface area contributed by atoms with E-state index >= 15 is 0 Å². The van der Waals surface area contributed by atoms with E-state index in [1.807, 2.05) is 38.5 Å². The number of halogens is 1. The highest BCUT2D eigenvalue weighted by Crippen LogP contribution is 2.54. The Morgan fingerprint density at radius 3 is 2.58 bits per heavy atom. The van der Waals surface area contributed by atoms with Gasteiger partial charge in [-0.25, -0.2) is 0 Å². The van der Waals surface area contributed by atoms with E-state index < -0.39 is 5.72 Å². The third-order valence-electron chi connectivity index (χ3n) is 5.61. The molecule has 4 nitrogen and oxygen atoms in total. The molecule has 0 bridgehead atoms. The minimum atomic E-state index is -0.583. The Hall–Kier alpha value is -2.04. The van der Waals surface area contributed by atoms with Gasteiger partial charge in [-0.3, -0.25) is 4.99 Å². The highest BCUT2D eigenvalue weighted by atomic mass is 35.5. The number of rotatable bonds is 3. The third-order valence-corrected chi connectivity index (χ3v) is 5.85. The molecule has 0 spiro atoms. The van der Waals surface area contributed by atoms with Gasteiger partial charge in [0.05, 0.1) is 18.5 Å². The van der Waals surface area contributed by atoms with E-state index in [9.17, 15) is 0 Å². The topological polar surface area (TPSA) is 28.1 Å². The SMILES string of the molecule is CN(C)c1ccc(/N=C/C23OCCN2c2ccc(Cl)cc2C3(C)C)cc1. The lowest BCUT2D eigenvalue weighted by Gasteiger charge is -2.38. The molecule has 1 saturated heterocycles. The first kappa shape index (κ1) is 17.4. The largest absolute Gasteiger partial charge is 0.378 e. The number of benzene rings is 2. The molecule has 2 aromatic rings. The maximum absolute atomic E-state index is 6.31. The lowest BCUT2D eigenvalue weighted by Crippen LogP contribution is -2.54. The molecule has 1 unspecified atom stereocenters. The molecule has 136 valence electrons. The third kappa shape index (κ3) is 2.43. The summed E-state index contributed by atoms with van der Waals surface area (Å²) in [5, 5.41) is 0.754. The lowest BCUT2D eigenvalue weighted by molar-refractivity contribution is 0.0206. The normalized spacial score (nSPS) is 23.3. The van der Waals surface area contributed by atoms with Gasteiger partial charge in [-0.15, -0.1) is 0 Å². The Bertz CT molecular complexity index is 860.